The summed E-state index contributed by atoms with van der Waals surface area (Å²) in [4.78, 5) is 10.7. The molecule has 1 heterocycles. The third kappa shape index (κ3) is 2.66. The molecule has 0 amide bonds. The Bertz CT molecular complexity index is 436. The summed E-state index contributed by atoms with van der Waals surface area (Å²) in [6, 6.07) is 2.97. The van der Waals surface area contributed by atoms with Crippen molar-refractivity contribution in [2.75, 3.05) is 6.61 Å². The molecule has 0 aliphatic carbocycles. The van der Waals surface area contributed by atoms with E-state index in [4.69, 9.17) is 9.47 Å². The lowest BCUT2D eigenvalue weighted by atomic mass is 10.2. The zero-order chi connectivity index (χ0) is 12.4. The number of carbonyl (C=O) groups is 1. The van der Waals surface area contributed by atoms with Gasteiger partial charge in [0.25, 0.3) is 0 Å². The maximum atomic E-state index is 13.6. The van der Waals surface area contributed by atoms with E-state index in [1.165, 1.54) is 6.07 Å². The highest BCUT2D eigenvalue weighted by molar-refractivity contribution is 9.10. The highest BCUT2D eigenvalue weighted by atomic mass is 79.9. The van der Waals surface area contributed by atoms with E-state index in [0.717, 1.165) is 5.56 Å². The van der Waals surface area contributed by atoms with Gasteiger partial charge in [-0.15, -0.1) is 0 Å². The van der Waals surface area contributed by atoms with Crippen molar-refractivity contribution in [3.63, 3.8) is 0 Å². The van der Waals surface area contributed by atoms with Crippen LogP contribution in [0.25, 0.3) is 0 Å². The molecule has 0 spiro atoms. The number of carbonyl (C=O) groups excluding carboxylic acids is 1. The lowest BCUT2D eigenvalue weighted by Gasteiger charge is -2.17. The van der Waals surface area contributed by atoms with Gasteiger partial charge in [0.1, 0.15) is 12.2 Å². The van der Waals surface area contributed by atoms with Crippen LogP contribution in [-0.2, 0) is 9.53 Å². The predicted octanol–water partition coefficient (Wildman–Crippen LogP) is 2.63. The summed E-state index contributed by atoms with van der Waals surface area (Å²) in [5.41, 5.74) is 0.878. The van der Waals surface area contributed by atoms with Crippen molar-refractivity contribution < 1.29 is 18.7 Å². The van der Waals surface area contributed by atoms with Gasteiger partial charge in [-0.05, 0) is 24.6 Å². The van der Waals surface area contributed by atoms with Crippen molar-refractivity contribution in [2.24, 2.45) is 0 Å². The maximum absolute atomic E-state index is 13.6. The fraction of sp³-hybridized carbons (Fsp3) is 0.417. The zero-order valence-electron chi connectivity index (χ0n) is 9.28. The topological polar surface area (TPSA) is 35.5 Å². The molecular weight excluding hydrogens is 291 g/mol. The molecule has 3 nitrogen and oxygen atoms in total. The van der Waals surface area contributed by atoms with Crippen LogP contribution in [0.2, 0.25) is 0 Å². The van der Waals surface area contributed by atoms with Crippen molar-refractivity contribution in [3.05, 3.63) is 28.0 Å². The van der Waals surface area contributed by atoms with E-state index in [9.17, 15) is 9.18 Å². The molecule has 92 valence electrons. The van der Waals surface area contributed by atoms with Crippen molar-refractivity contribution in [1.82, 2.24) is 0 Å². The minimum absolute atomic E-state index is 0.160. The van der Waals surface area contributed by atoms with Crippen molar-refractivity contribution in [1.29, 1.82) is 0 Å². The summed E-state index contributed by atoms with van der Waals surface area (Å²) < 4.78 is 25.0. The Morgan fingerprint density at radius 3 is 3.06 bits per heavy atom. The van der Waals surface area contributed by atoms with E-state index < -0.39 is 18.0 Å². The zero-order valence-corrected chi connectivity index (χ0v) is 10.9. The molecule has 0 radical (unpaired) electrons. The Kier molecular flexibility index (Phi) is 3.79. The second kappa shape index (κ2) is 5.14. The van der Waals surface area contributed by atoms with Crippen LogP contribution in [0.4, 0.5) is 4.39 Å². The van der Waals surface area contributed by atoms with E-state index in [0.29, 0.717) is 23.8 Å². The SMILES string of the molecule is Cc1cc(OC2CCOC2C=O)c(F)cc1Br. The molecule has 0 bridgehead atoms. The van der Waals surface area contributed by atoms with E-state index in [2.05, 4.69) is 15.9 Å². The van der Waals surface area contributed by atoms with Crippen molar-refractivity contribution >= 4 is 22.2 Å². The van der Waals surface area contributed by atoms with Gasteiger partial charge in [-0.25, -0.2) is 4.39 Å². The number of rotatable bonds is 3. The molecule has 1 aliphatic rings. The Morgan fingerprint density at radius 1 is 1.59 bits per heavy atom. The molecular formula is C12H12BrFO3. The van der Waals surface area contributed by atoms with E-state index >= 15 is 0 Å². The first-order valence-corrected chi connectivity index (χ1v) is 6.10. The number of ether oxygens (including phenoxy) is 2. The Balaban J connectivity index is 2.18. The van der Waals surface area contributed by atoms with Crippen LogP contribution in [-0.4, -0.2) is 25.1 Å². The Morgan fingerprint density at radius 2 is 2.35 bits per heavy atom. The van der Waals surface area contributed by atoms with Crippen LogP contribution in [0.5, 0.6) is 5.75 Å². The summed E-state index contributed by atoms with van der Waals surface area (Å²) in [7, 11) is 0. The maximum Gasteiger partial charge on any atom is 0.166 e. The number of hydrogen-bond donors (Lipinski definition) is 0. The predicted molar refractivity (Wildman–Crippen MR) is 63.7 cm³/mol. The van der Waals surface area contributed by atoms with Gasteiger partial charge in [0.2, 0.25) is 0 Å². The van der Waals surface area contributed by atoms with Gasteiger partial charge < -0.3 is 14.3 Å². The normalized spacial score (nSPS) is 23.7. The molecule has 17 heavy (non-hydrogen) atoms. The minimum Gasteiger partial charge on any atom is -0.484 e. The van der Waals surface area contributed by atoms with Crippen molar-refractivity contribution in [2.45, 2.75) is 25.6 Å². The average Bonchev–Trinajstić information content (AvgIpc) is 2.73. The van der Waals surface area contributed by atoms with Gasteiger partial charge in [-0.3, -0.25) is 0 Å². The molecule has 1 aliphatic heterocycles. The highest BCUT2D eigenvalue weighted by Gasteiger charge is 2.30. The molecule has 2 atom stereocenters. The Hall–Kier alpha value is -0.940. The van der Waals surface area contributed by atoms with Gasteiger partial charge >= 0.3 is 0 Å². The fourth-order valence-electron chi connectivity index (χ4n) is 1.73. The van der Waals surface area contributed by atoms with Crippen molar-refractivity contribution in [3.8, 4) is 5.75 Å². The molecule has 0 aromatic heterocycles. The smallest absolute Gasteiger partial charge is 0.166 e. The molecule has 0 N–H and O–H groups in total. The summed E-state index contributed by atoms with van der Waals surface area (Å²) in [5, 5.41) is 0. The van der Waals surface area contributed by atoms with Crippen LogP contribution in [0.15, 0.2) is 16.6 Å². The van der Waals surface area contributed by atoms with E-state index in [1.807, 2.05) is 6.92 Å². The van der Waals surface area contributed by atoms with Gasteiger partial charge in [-0.2, -0.15) is 0 Å². The summed E-state index contributed by atoms with van der Waals surface area (Å²) in [6.07, 6.45) is 0.292. The molecule has 1 aromatic carbocycles. The molecule has 0 saturated carbocycles. The largest absolute Gasteiger partial charge is 0.484 e. The molecule has 2 unspecified atom stereocenters. The van der Waals surface area contributed by atoms with E-state index in [1.54, 1.807) is 6.07 Å². The monoisotopic (exact) mass is 302 g/mol. The first-order chi connectivity index (χ1) is 8.11. The van der Waals surface area contributed by atoms with Gasteiger partial charge in [-0.1, -0.05) is 15.9 Å². The van der Waals surface area contributed by atoms with Crippen LogP contribution in [0.1, 0.15) is 12.0 Å². The Labute approximate surface area is 107 Å². The van der Waals surface area contributed by atoms with Crippen LogP contribution in [0, 0.1) is 12.7 Å². The van der Waals surface area contributed by atoms with Crippen LogP contribution < -0.4 is 4.74 Å². The summed E-state index contributed by atoms with van der Waals surface area (Å²) in [5.74, 6) is -0.285. The summed E-state index contributed by atoms with van der Waals surface area (Å²) >= 11 is 3.24. The standard InChI is InChI=1S/C12H12BrFO3/c1-7-4-11(9(14)5-8(7)13)17-10-2-3-16-12(10)6-15/h4-6,10,12H,2-3H2,1H3. The second-order valence-corrected chi connectivity index (χ2v) is 4.80. The second-order valence-electron chi connectivity index (χ2n) is 3.95. The number of benzene rings is 1. The molecule has 5 heteroatoms. The van der Waals surface area contributed by atoms with Gasteiger partial charge in [0.15, 0.2) is 17.9 Å². The quantitative estimate of drug-likeness (QED) is 0.805. The number of halogens is 2. The number of hydrogen-bond acceptors (Lipinski definition) is 3. The van der Waals surface area contributed by atoms with Crippen LogP contribution in [0.3, 0.4) is 0 Å². The average molecular weight is 303 g/mol. The lowest BCUT2D eigenvalue weighted by Crippen LogP contribution is -2.28. The first-order valence-electron chi connectivity index (χ1n) is 5.31. The molecule has 1 fully saturated rings. The van der Waals surface area contributed by atoms with Gasteiger partial charge in [0.05, 0.1) is 6.61 Å². The van der Waals surface area contributed by atoms with Crippen LogP contribution >= 0.6 is 15.9 Å². The third-order valence-electron chi connectivity index (χ3n) is 2.70. The minimum atomic E-state index is -0.599. The number of aryl methyl sites for hydroxylation is 1. The van der Waals surface area contributed by atoms with E-state index in [-0.39, 0.29) is 5.75 Å². The first kappa shape index (κ1) is 12.5. The van der Waals surface area contributed by atoms with Gasteiger partial charge in [0, 0.05) is 10.9 Å². The lowest BCUT2D eigenvalue weighted by molar-refractivity contribution is -0.118. The fourth-order valence-corrected chi connectivity index (χ4v) is 2.04. The third-order valence-corrected chi connectivity index (χ3v) is 3.56. The highest BCUT2D eigenvalue weighted by Crippen LogP contribution is 2.28. The summed E-state index contributed by atoms with van der Waals surface area (Å²) in [6.45, 7) is 2.31. The molecule has 1 saturated heterocycles. The number of aldehydes is 1. The molecule has 2 rings (SSSR count). The molecule has 1 aromatic rings.